The quantitative estimate of drug-likeness (QED) is 0.746. The fourth-order valence-electron chi connectivity index (χ4n) is 3.98. The lowest BCUT2D eigenvalue weighted by molar-refractivity contribution is -0.120. The maximum atomic E-state index is 13.5. The third-order valence-corrected chi connectivity index (χ3v) is 5.81. The molecule has 0 bridgehead atoms. The second kappa shape index (κ2) is 8.60. The van der Waals surface area contributed by atoms with Crippen LogP contribution in [0.5, 0.6) is 0 Å². The van der Waals surface area contributed by atoms with Crippen LogP contribution in [0.25, 0.3) is 5.57 Å². The minimum absolute atomic E-state index is 0.108. The minimum Gasteiger partial charge on any atom is -0.395 e. The largest absolute Gasteiger partial charge is 0.395 e. The van der Waals surface area contributed by atoms with Crippen molar-refractivity contribution in [2.24, 2.45) is 0 Å². The van der Waals surface area contributed by atoms with Crippen molar-refractivity contribution in [3.8, 4) is 0 Å². The van der Waals surface area contributed by atoms with E-state index in [1.165, 1.54) is 4.90 Å². The van der Waals surface area contributed by atoms with Crippen molar-refractivity contribution in [2.75, 3.05) is 44.2 Å². The number of piperazine rings is 1. The van der Waals surface area contributed by atoms with Gasteiger partial charge in [-0.2, -0.15) is 0 Å². The lowest BCUT2D eigenvalue weighted by Crippen LogP contribution is -2.48. The fraction of sp³-hybridized carbons (Fsp3) is 0.304. The molecule has 2 aromatic rings. The van der Waals surface area contributed by atoms with E-state index in [1.54, 1.807) is 24.3 Å². The number of amides is 2. The first kappa shape index (κ1) is 20.6. The Morgan fingerprint density at radius 1 is 0.967 bits per heavy atom. The fourth-order valence-corrected chi connectivity index (χ4v) is 4.16. The van der Waals surface area contributed by atoms with Gasteiger partial charge in [-0.25, -0.2) is 4.90 Å². The van der Waals surface area contributed by atoms with Crippen LogP contribution in [0.1, 0.15) is 11.1 Å². The highest BCUT2D eigenvalue weighted by Gasteiger charge is 2.43. The predicted octanol–water partition coefficient (Wildman–Crippen LogP) is 2.54. The highest BCUT2D eigenvalue weighted by Crippen LogP contribution is 2.35. The van der Waals surface area contributed by atoms with E-state index in [9.17, 15) is 14.7 Å². The van der Waals surface area contributed by atoms with Crippen LogP contribution in [0, 0.1) is 6.92 Å². The number of carbonyl (C=O) groups is 2. The summed E-state index contributed by atoms with van der Waals surface area (Å²) in [6, 6.07) is 14.5. The SMILES string of the molecule is Cc1ccc(C2=C(N3CCN(CCO)CC3)C(=O)N(c3cccc(Cl)c3)C2=O)cc1. The molecule has 0 spiro atoms. The minimum atomic E-state index is -0.334. The van der Waals surface area contributed by atoms with Crippen LogP contribution < -0.4 is 4.90 Å². The number of β-amino-alcohol motifs (C(OH)–C–C–N with tert-alkyl or cyclic N) is 1. The van der Waals surface area contributed by atoms with E-state index < -0.39 is 0 Å². The van der Waals surface area contributed by atoms with Crippen LogP contribution >= 0.6 is 11.6 Å². The number of hydrogen-bond donors (Lipinski definition) is 1. The van der Waals surface area contributed by atoms with Crippen molar-refractivity contribution in [2.45, 2.75) is 6.92 Å². The van der Waals surface area contributed by atoms with Gasteiger partial charge < -0.3 is 10.0 Å². The van der Waals surface area contributed by atoms with E-state index in [0.29, 0.717) is 41.6 Å². The molecule has 2 amide bonds. The maximum Gasteiger partial charge on any atom is 0.282 e. The molecule has 4 rings (SSSR count). The number of nitrogens with zero attached hydrogens (tertiary/aromatic N) is 3. The van der Waals surface area contributed by atoms with Gasteiger partial charge in [0.25, 0.3) is 11.8 Å². The monoisotopic (exact) mass is 425 g/mol. The molecule has 6 nitrogen and oxygen atoms in total. The molecule has 7 heteroatoms. The normalized spacial score (nSPS) is 18.0. The molecule has 2 aliphatic heterocycles. The number of halogens is 1. The number of aryl methyl sites for hydroxylation is 1. The standard InChI is InChI=1S/C23H24ClN3O3/c1-16-5-7-17(8-6-16)20-21(26-11-9-25(10-12-26)13-14-28)23(30)27(22(20)29)19-4-2-3-18(24)15-19/h2-8,15,28H,9-14H2,1H3. The van der Waals surface area contributed by atoms with Crippen LogP contribution in [0.4, 0.5) is 5.69 Å². The number of hydrogen-bond acceptors (Lipinski definition) is 5. The molecule has 0 radical (unpaired) electrons. The second-order valence-electron chi connectivity index (χ2n) is 7.57. The first-order chi connectivity index (χ1) is 14.5. The van der Waals surface area contributed by atoms with Crippen LogP contribution in [-0.2, 0) is 9.59 Å². The van der Waals surface area contributed by atoms with E-state index in [0.717, 1.165) is 24.2 Å². The molecule has 1 fully saturated rings. The lowest BCUT2D eigenvalue weighted by Gasteiger charge is -2.36. The third kappa shape index (κ3) is 3.86. The van der Waals surface area contributed by atoms with Crippen LogP contribution in [0.3, 0.4) is 0 Å². The topological polar surface area (TPSA) is 64.1 Å². The zero-order valence-corrected chi connectivity index (χ0v) is 17.6. The summed E-state index contributed by atoms with van der Waals surface area (Å²) in [7, 11) is 0. The summed E-state index contributed by atoms with van der Waals surface area (Å²) < 4.78 is 0. The number of anilines is 1. The van der Waals surface area contributed by atoms with E-state index in [4.69, 9.17) is 11.6 Å². The second-order valence-corrected chi connectivity index (χ2v) is 8.00. The highest BCUT2D eigenvalue weighted by molar-refractivity contribution is 6.45. The van der Waals surface area contributed by atoms with Gasteiger partial charge in [-0.1, -0.05) is 47.5 Å². The summed E-state index contributed by atoms with van der Waals surface area (Å²) in [5.41, 5.74) is 3.15. The number of imide groups is 1. The zero-order valence-electron chi connectivity index (χ0n) is 16.8. The summed E-state index contributed by atoms with van der Waals surface area (Å²) in [5.74, 6) is -0.660. The van der Waals surface area contributed by atoms with Gasteiger partial charge in [0.1, 0.15) is 5.70 Å². The molecule has 30 heavy (non-hydrogen) atoms. The van der Waals surface area contributed by atoms with Gasteiger partial charge in [0.15, 0.2) is 0 Å². The molecule has 1 saturated heterocycles. The molecule has 2 aliphatic rings. The van der Waals surface area contributed by atoms with E-state index in [2.05, 4.69) is 4.90 Å². The van der Waals surface area contributed by atoms with E-state index in [-0.39, 0.29) is 18.4 Å². The Morgan fingerprint density at radius 2 is 1.67 bits per heavy atom. The van der Waals surface area contributed by atoms with Crippen LogP contribution in [0.15, 0.2) is 54.2 Å². The first-order valence-corrected chi connectivity index (χ1v) is 10.4. The number of aliphatic hydroxyl groups excluding tert-OH is 1. The van der Waals surface area contributed by atoms with Gasteiger partial charge in [0.05, 0.1) is 17.9 Å². The Morgan fingerprint density at radius 3 is 2.30 bits per heavy atom. The van der Waals surface area contributed by atoms with Crippen molar-refractivity contribution in [3.63, 3.8) is 0 Å². The molecule has 0 aromatic heterocycles. The summed E-state index contributed by atoms with van der Waals surface area (Å²) in [5, 5.41) is 9.66. The Labute approximate surface area is 181 Å². The lowest BCUT2D eigenvalue weighted by atomic mass is 10.0. The van der Waals surface area contributed by atoms with Crippen molar-refractivity contribution in [1.29, 1.82) is 0 Å². The van der Waals surface area contributed by atoms with Gasteiger partial charge in [-0.05, 0) is 30.7 Å². The van der Waals surface area contributed by atoms with Crippen molar-refractivity contribution in [3.05, 3.63) is 70.4 Å². The molecule has 1 N–H and O–H groups in total. The number of carbonyl (C=O) groups excluding carboxylic acids is 2. The van der Waals surface area contributed by atoms with Gasteiger partial charge in [0, 0.05) is 37.7 Å². The maximum absolute atomic E-state index is 13.5. The summed E-state index contributed by atoms with van der Waals surface area (Å²) in [4.78, 5) is 32.3. The number of benzene rings is 2. The van der Waals surface area contributed by atoms with Crippen molar-refractivity contribution in [1.82, 2.24) is 9.80 Å². The van der Waals surface area contributed by atoms with Crippen molar-refractivity contribution < 1.29 is 14.7 Å². The molecular weight excluding hydrogens is 402 g/mol. The Hall–Kier alpha value is -2.67. The first-order valence-electron chi connectivity index (χ1n) is 10.0. The molecule has 0 unspecified atom stereocenters. The smallest absolute Gasteiger partial charge is 0.282 e. The Bertz CT molecular complexity index is 995. The average Bonchev–Trinajstić information content (AvgIpc) is 3.00. The third-order valence-electron chi connectivity index (χ3n) is 5.57. The van der Waals surface area contributed by atoms with Gasteiger partial charge in [-0.15, -0.1) is 0 Å². The Balaban J connectivity index is 1.74. The predicted molar refractivity (Wildman–Crippen MR) is 117 cm³/mol. The van der Waals surface area contributed by atoms with Crippen molar-refractivity contribution >= 4 is 34.7 Å². The number of rotatable bonds is 5. The van der Waals surface area contributed by atoms with Crippen LogP contribution in [-0.4, -0.2) is 66.1 Å². The average molecular weight is 426 g/mol. The molecular formula is C23H24ClN3O3. The van der Waals surface area contributed by atoms with E-state index >= 15 is 0 Å². The van der Waals surface area contributed by atoms with Gasteiger partial charge >= 0.3 is 0 Å². The summed E-state index contributed by atoms with van der Waals surface area (Å²) >= 11 is 6.12. The summed E-state index contributed by atoms with van der Waals surface area (Å²) in [6.07, 6.45) is 0. The molecule has 156 valence electrons. The molecule has 2 heterocycles. The molecule has 2 aromatic carbocycles. The number of aliphatic hydroxyl groups is 1. The Kier molecular flexibility index (Phi) is 5.90. The summed E-state index contributed by atoms with van der Waals surface area (Å²) in [6.45, 7) is 5.39. The van der Waals surface area contributed by atoms with E-state index in [1.807, 2.05) is 36.1 Å². The molecule has 0 atom stereocenters. The van der Waals surface area contributed by atoms with Gasteiger partial charge in [0.2, 0.25) is 0 Å². The highest BCUT2D eigenvalue weighted by atomic mass is 35.5. The van der Waals surface area contributed by atoms with Crippen LogP contribution in [0.2, 0.25) is 5.02 Å². The van der Waals surface area contributed by atoms with Gasteiger partial charge in [-0.3, -0.25) is 14.5 Å². The molecule has 0 saturated carbocycles. The zero-order chi connectivity index (χ0) is 21.3. The molecule has 0 aliphatic carbocycles.